The second-order valence-corrected chi connectivity index (χ2v) is 8.43. The Labute approximate surface area is 195 Å². The van der Waals surface area contributed by atoms with Crippen molar-refractivity contribution in [3.8, 4) is 11.4 Å². The molecule has 1 fully saturated rings. The van der Waals surface area contributed by atoms with Gasteiger partial charge in [0.1, 0.15) is 6.54 Å². The predicted molar refractivity (Wildman–Crippen MR) is 120 cm³/mol. The molecule has 2 unspecified atom stereocenters. The zero-order valence-electron chi connectivity index (χ0n) is 17.9. The fraction of sp³-hybridized carbons (Fsp3) is 0.304. The number of hydrogen-bond donors (Lipinski definition) is 0. The minimum atomic E-state index is -0.879. The number of aryl methyl sites for hydroxylation is 1. The van der Waals surface area contributed by atoms with E-state index >= 15 is 0 Å². The van der Waals surface area contributed by atoms with Crippen LogP contribution in [0.25, 0.3) is 11.4 Å². The zero-order valence-corrected chi connectivity index (χ0v) is 18.6. The molecule has 2 atom stereocenters. The first kappa shape index (κ1) is 21.3. The van der Waals surface area contributed by atoms with Crippen LogP contribution < -0.4 is 4.90 Å². The van der Waals surface area contributed by atoms with Gasteiger partial charge >= 0.3 is 0 Å². The van der Waals surface area contributed by atoms with Crippen LogP contribution in [0.4, 0.5) is 5.69 Å². The fourth-order valence-electron chi connectivity index (χ4n) is 3.97. The molecule has 0 radical (unpaired) electrons. The summed E-state index contributed by atoms with van der Waals surface area (Å²) in [6.07, 6.45) is 3.17. The Bertz CT molecular complexity index is 1210. The molecule has 168 valence electrons. The fourth-order valence-corrected chi connectivity index (χ4v) is 4.10. The van der Waals surface area contributed by atoms with Crippen molar-refractivity contribution >= 4 is 29.1 Å². The summed E-state index contributed by atoms with van der Waals surface area (Å²) in [4.78, 5) is 31.7. The summed E-state index contributed by atoms with van der Waals surface area (Å²) in [5, 5.41) is 14.1. The molecule has 0 spiro atoms. The number of nitrogens with zero attached hydrogens (tertiary/aromatic N) is 6. The van der Waals surface area contributed by atoms with Crippen LogP contribution in [0.5, 0.6) is 0 Å². The van der Waals surface area contributed by atoms with Crippen molar-refractivity contribution in [3.05, 3.63) is 65.0 Å². The van der Waals surface area contributed by atoms with Gasteiger partial charge in [0.25, 0.3) is 11.8 Å². The number of unbranched alkanes of at least 4 members (excludes halogenated alkanes) is 1. The third-order valence-corrected chi connectivity index (χ3v) is 5.99. The van der Waals surface area contributed by atoms with Crippen molar-refractivity contribution in [1.29, 1.82) is 0 Å². The van der Waals surface area contributed by atoms with Crippen LogP contribution in [0.15, 0.2) is 63.4 Å². The second-order valence-electron chi connectivity index (χ2n) is 7.99. The molecule has 1 saturated heterocycles. The Hall–Kier alpha value is -3.59. The first-order valence-electron chi connectivity index (χ1n) is 10.8. The number of carbonyl (C=O) groups excluding carboxylic acids is 2. The molecule has 9 nitrogen and oxygen atoms in total. The Morgan fingerprint density at radius 1 is 1.03 bits per heavy atom. The number of halogens is 1. The molecule has 0 bridgehead atoms. The maximum atomic E-state index is 13.2. The molecule has 5 rings (SSSR count). The minimum absolute atomic E-state index is 0.0636. The Morgan fingerprint density at radius 3 is 2.52 bits per heavy atom. The largest absolute Gasteiger partial charge is 0.337 e. The van der Waals surface area contributed by atoms with Crippen molar-refractivity contribution < 1.29 is 14.1 Å². The number of imide groups is 1. The first-order valence-corrected chi connectivity index (χ1v) is 11.2. The maximum absolute atomic E-state index is 13.2. The molecule has 3 heterocycles. The van der Waals surface area contributed by atoms with Gasteiger partial charge in [-0.3, -0.25) is 14.6 Å². The van der Waals surface area contributed by atoms with E-state index in [1.165, 1.54) is 15.5 Å². The second kappa shape index (κ2) is 8.74. The highest BCUT2D eigenvalue weighted by Crippen LogP contribution is 2.33. The molecule has 10 heteroatoms. The van der Waals surface area contributed by atoms with Gasteiger partial charge in [-0.1, -0.05) is 47.5 Å². The van der Waals surface area contributed by atoms with Crippen molar-refractivity contribution in [2.75, 3.05) is 4.90 Å². The summed E-state index contributed by atoms with van der Waals surface area (Å²) in [7, 11) is 0. The summed E-state index contributed by atoms with van der Waals surface area (Å²) in [6.45, 7) is 2.20. The number of benzene rings is 2. The van der Waals surface area contributed by atoms with E-state index in [-0.39, 0.29) is 24.2 Å². The molecular formula is C23H21ClN6O3. The molecule has 2 aliphatic heterocycles. The Balaban J connectivity index is 1.31. The quantitative estimate of drug-likeness (QED) is 0.485. The SMILES string of the molecule is CCCCc1ccc(N2C(=O)C3N=NN(Cc4nc(-c5ccc(Cl)cc5)no4)C3C2=O)cc1. The highest BCUT2D eigenvalue weighted by Gasteiger charge is 2.55. The molecule has 0 N–H and O–H groups in total. The lowest BCUT2D eigenvalue weighted by atomic mass is 10.1. The van der Waals surface area contributed by atoms with Gasteiger partial charge in [-0.15, -0.1) is 0 Å². The van der Waals surface area contributed by atoms with E-state index < -0.39 is 12.1 Å². The molecule has 3 aromatic rings. The lowest BCUT2D eigenvalue weighted by Crippen LogP contribution is -2.39. The van der Waals surface area contributed by atoms with Crippen molar-refractivity contribution in [2.45, 2.75) is 44.8 Å². The van der Waals surface area contributed by atoms with Crippen LogP contribution >= 0.6 is 11.6 Å². The number of rotatable bonds is 7. The van der Waals surface area contributed by atoms with Crippen molar-refractivity contribution in [2.24, 2.45) is 10.3 Å². The van der Waals surface area contributed by atoms with E-state index in [9.17, 15) is 9.59 Å². The van der Waals surface area contributed by atoms with E-state index in [0.29, 0.717) is 16.5 Å². The van der Waals surface area contributed by atoms with Gasteiger partial charge in [0.15, 0.2) is 12.1 Å². The smallest absolute Gasteiger partial charge is 0.263 e. The van der Waals surface area contributed by atoms with Crippen LogP contribution in [0.2, 0.25) is 5.02 Å². The summed E-state index contributed by atoms with van der Waals surface area (Å²) in [5.41, 5.74) is 2.46. The highest BCUT2D eigenvalue weighted by molar-refractivity contribution is 6.30. The van der Waals surface area contributed by atoms with Gasteiger partial charge in [-0.05, 0) is 54.8 Å². The molecule has 0 aliphatic carbocycles. The summed E-state index contributed by atoms with van der Waals surface area (Å²) in [5.74, 6) is -0.0924. The number of aromatic nitrogens is 2. The zero-order chi connectivity index (χ0) is 22.9. The van der Waals surface area contributed by atoms with Crippen LogP contribution in [0.1, 0.15) is 31.2 Å². The van der Waals surface area contributed by atoms with Gasteiger partial charge in [0.05, 0.1) is 5.69 Å². The third kappa shape index (κ3) is 4.00. The summed E-state index contributed by atoms with van der Waals surface area (Å²) in [6, 6.07) is 12.9. The number of amides is 2. The van der Waals surface area contributed by atoms with E-state index in [1.807, 2.05) is 12.1 Å². The topological polar surface area (TPSA) is 104 Å². The molecule has 2 aromatic carbocycles. The van der Waals surface area contributed by atoms with Gasteiger partial charge in [0.2, 0.25) is 11.7 Å². The highest BCUT2D eigenvalue weighted by atomic mass is 35.5. The molecule has 33 heavy (non-hydrogen) atoms. The van der Waals surface area contributed by atoms with Gasteiger partial charge in [0, 0.05) is 10.6 Å². The van der Waals surface area contributed by atoms with Crippen molar-refractivity contribution in [1.82, 2.24) is 15.1 Å². The van der Waals surface area contributed by atoms with Crippen LogP contribution in [0, 0.1) is 0 Å². The summed E-state index contributed by atoms with van der Waals surface area (Å²) >= 11 is 5.92. The van der Waals surface area contributed by atoms with Gasteiger partial charge in [-0.2, -0.15) is 10.1 Å². The van der Waals surface area contributed by atoms with Gasteiger partial charge in [-0.25, -0.2) is 4.90 Å². The van der Waals surface area contributed by atoms with Crippen LogP contribution in [0.3, 0.4) is 0 Å². The van der Waals surface area contributed by atoms with Crippen LogP contribution in [-0.4, -0.2) is 39.0 Å². The minimum Gasteiger partial charge on any atom is -0.337 e. The molecule has 2 amide bonds. The molecule has 0 saturated carbocycles. The monoisotopic (exact) mass is 464 g/mol. The number of hydrogen-bond acceptors (Lipinski definition) is 8. The average molecular weight is 465 g/mol. The van der Waals surface area contributed by atoms with E-state index in [2.05, 4.69) is 27.4 Å². The number of anilines is 1. The normalized spacial score (nSPS) is 19.6. The van der Waals surface area contributed by atoms with Crippen LogP contribution in [-0.2, 0) is 22.6 Å². The van der Waals surface area contributed by atoms with E-state index in [4.69, 9.17) is 16.1 Å². The lowest BCUT2D eigenvalue weighted by Gasteiger charge is -2.19. The van der Waals surface area contributed by atoms with E-state index in [1.54, 1.807) is 36.4 Å². The average Bonchev–Trinajstić information content (AvgIpc) is 3.52. The van der Waals surface area contributed by atoms with E-state index in [0.717, 1.165) is 24.8 Å². The predicted octanol–water partition coefficient (Wildman–Crippen LogP) is 4.23. The molecule has 1 aromatic heterocycles. The number of carbonyl (C=O) groups is 2. The number of fused-ring (bicyclic) bond motifs is 1. The summed E-state index contributed by atoms with van der Waals surface area (Å²) < 4.78 is 5.33. The van der Waals surface area contributed by atoms with Gasteiger partial charge < -0.3 is 4.52 Å². The standard InChI is InChI=1S/C23H21ClN6O3/c1-2-3-4-14-5-11-17(12-6-14)30-22(31)19-20(23(30)32)29(28-26-19)13-18-25-21(27-33-18)15-7-9-16(24)10-8-15/h5-12,19-20H,2-4,13H2,1H3. The first-order chi connectivity index (χ1) is 16.0. The molecule has 2 aliphatic rings. The van der Waals surface area contributed by atoms with Crippen molar-refractivity contribution in [3.63, 3.8) is 0 Å². The Morgan fingerprint density at radius 2 is 1.79 bits per heavy atom. The maximum Gasteiger partial charge on any atom is 0.263 e. The third-order valence-electron chi connectivity index (χ3n) is 5.74. The Kier molecular flexibility index (Phi) is 5.63. The molecular weight excluding hydrogens is 444 g/mol. The lowest BCUT2D eigenvalue weighted by molar-refractivity contribution is -0.123.